The Morgan fingerprint density at radius 1 is 1.47 bits per heavy atom. The molecule has 15 heavy (non-hydrogen) atoms. The van der Waals surface area contributed by atoms with E-state index in [2.05, 4.69) is 9.97 Å². The first-order valence-electron chi connectivity index (χ1n) is 4.01. The van der Waals surface area contributed by atoms with Crippen molar-refractivity contribution in [2.75, 3.05) is 0 Å². The Morgan fingerprint density at radius 2 is 2.20 bits per heavy atom. The van der Waals surface area contributed by atoms with Gasteiger partial charge >= 0.3 is 5.97 Å². The standard InChI is InChI=1S/C9H5ClN2O3/c10-9-11-6-2-1-4(8(14)15)3-5(6)7(13)12-9/h1-3H,(H,14,15)(H,11,12,13). The summed E-state index contributed by atoms with van der Waals surface area (Å²) in [6, 6.07) is 4.08. The van der Waals surface area contributed by atoms with Gasteiger partial charge in [-0.25, -0.2) is 9.78 Å². The number of nitrogens with zero attached hydrogens (tertiary/aromatic N) is 1. The molecule has 2 aromatic rings. The summed E-state index contributed by atoms with van der Waals surface area (Å²) in [7, 11) is 0. The number of rotatable bonds is 1. The molecular formula is C9H5ClN2O3. The second-order valence-corrected chi connectivity index (χ2v) is 3.25. The lowest BCUT2D eigenvalue weighted by Gasteiger charge is -1.98. The highest BCUT2D eigenvalue weighted by molar-refractivity contribution is 6.28. The van der Waals surface area contributed by atoms with E-state index < -0.39 is 11.5 Å². The number of carboxylic acids is 1. The van der Waals surface area contributed by atoms with E-state index in [4.69, 9.17) is 16.7 Å². The molecule has 0 unspecified atom stereocenters. The molecular weight excluding hydrogens is 220 g/mol. The fourth-order valence-electron chi connectivity index (χ4n) is 1.24. The van der Waals surface area contributed by atoms with Crippen LogP contribution in [0.3, 0.4) is 0 Å². The summed E-state index contributed by atoms with van der Waals surface area (Å²) in [4.78, 5) is 28.2. The fraction of sp³-hybridized carbons (Fsp3) is 0. The number of halogens is 1. The van der Waals surface area contributed by atoms with Crippen LogP contribution in [0.1, 0.15) is 10.4 Å². The van der Waals surface area contributed by atoms with E-state index in [1.165, 1.54) is 18.2 Å². The molecule has 0 spiro atoms. The summed E-state index contributed by atoms with van der Waals surface area (Å²) in [5, 5.41) is 8.92. The third kappa shape index (κ3) is 1.69. The monoisotopic (exact) mass is 224 g/mol. The molecule has 76 valence electrons. The Labute approximate surface area is 88.3 Å². The van der Waals surface area contributed by atoms with E-state index >= 15 is 0 Å². The molecule has 0 aliphatic rings. The van der Waals surface area contributed by atoms with Gasteiger partial charge in [0.25, 0.3) is 5.56 Å². The maximum atomic E-state index is 11.4. The highest BCUT2D eigenvalue weighted by Gasteiger charge is 2.07. The molecule has 0 aliphatic heterocycles. The third-order valence-corrected chi connectivity index (χ3v) is 2.10. The van der Waals surface area contributed by atoms with Gasteiger partial charge in [-0.05, 0) is 29.8 Å². The number of aromatic amines is 1. The van der Waals surface area contributed by atoms with Crippen molar-refractivity contribution in [3.05, 3.63) is 39.4 Å². The summed E-state index contributed by atoms with van der Waals surface area (Å²) in [6.07, 6.45) is 0. The first-order valence-corrected chi connectivity index (χ1v) is 4.38. The molecule has 2 rings (SSSR count). The first-order chi connectivity index (χ1) is 7.08. The van der Waals surface area contributed by atoms with Crippen LogP contribution in [0.4, 0.5) is 0 Å². The SMILES string of the molecule is O=C(O)c1ccc2nc(Cl)[nH]c(=O)c2c1. The molecule has 0 atom stereocenters. The van der Waals surface area contributed by atoms with Crippen molar-refractivity contribution < 1.29 is 9.90 Å². The van der Waals surface area contributed by atoms with Crippen LogP contribution in [0.15, 0.2) is 23.0 Å². The largest absolute Gasteiger partial charge is 0.478 e. The van der Waals surface area contributed by atoms with E-state index in [9.17, 15) is 9.59 Å². The minimum Gasteiger partial charge on any atom is -0.478 e. The van der Waals surface area contributed by atoms with Gasteiger partial charge < -0.3 is 5.11 Å². The molecule has 0 amide bonds. The van der Waals surface area contributed by atoms with Crippen molar-refractivity contribution >= 4 is 28.5 Å². The zero-order valence-electron chi connectivity index (χ0n) is 7.32. The maximum absolute atomic E-state index is 11.4. The average Bonchev–Trinajstić information content (AvgIpc) is 2.16. The lowest BCUT2D eigenvalue weighted by molar-refractivity contribution is 0.0697. The predicted octanol–water partition coefficient (Wildman–Crippen LogP) is 1.27. The van der Waals surface area contributed by atoms with Gasteiger partial charge in [0.15, 0.2) is 0 Å². The van der Waals surface area contributed by atoms with Gasteiger partial charge in [-0.1, -0.05) is 0 Å². The number of hydrogen-bond donors (Lipinski definition) is 2. The molecule has 6 heteroatoms. The third-order valence-electron chi connectivity index (χ3n) is 1.92. The second kappa shape index (κ2) is 3.36. The molecule has 1 heterocycles. The minimum atomic E-state index is -1.09. The van der Waals surface area contributed by atoms with Crippen LogP contribution in [0.2, 0.25) is 5.28 Å². The van der Waals surface area contributed by atoms with Crippen molar-refractivity contribution in [3.63, 3.8) is 0 Å². The number of aromatic nitrogens is 2. The molecule has 0 saturated heterocycles. The van der Waals surface area contributed by atoms with Gasteiger partial charge in [0.05, 0.1) is 16.5 Å². The molecule has 1 aromatic carbocycles. The fourth-order valence-corrected chi connectivity index (χ4v) is 1.42. The van der Waals surface area contributed by atoms with Crippen LogP contribution in [0.5, 0.6) is 0 Å². The average molecular weight is 225 g/mol. The number of benzene rings is 1. The van der Waals surface area contributed by atoms with Gasteiger partial charge in [-0.3, -0.25) is 9.78 Å². The molecule has 1 aromatic heterocycles. The summed E-state index contributed by atoms with van der Waals surface area (Å²) in [5.74, 6) is -1.09. The Morgan fingerprint density at radius 3 is 2.87 bits per heavy atom. The summed E-state index contributed by atoms with van der Waals surface area (Å²) in [6.45, 7) is 0. The Balaban J connectivity index is 2.83. The van der Waals surface area contributed by atoms with Crippen LogP contribution in [0.25, 0.3) is 10.9 Å². The first kappa shape index (κ1) is 9.67. The topological polar surface area (TPSA) is 83.0 Å². The van der Waals surface area contributed by atoms with Gasteiger partial charge in [-0.15, -0.1) is 0 Å². The van der Waals surface area contributed by atoms with Crippen LogP contribution in [-0.4, -0.2) is 21.0 Å². The molecule has 0 bridgehead atoms. The lowest BCUT2D eigenvalue weighted by atomic mass is 10.1. The molecule has 0 radical (unpaired) electrons. The van der Waals surface area contributed by atoms with Crippen molar-refractivity contribution in [2.45, 2.75) is 0 Å². The number of H-pyrrole nitrogens is 1. The van der Waals surface area contributed by atoms with Gasteiger partial charge in [0, 0.05) is 0 Å². The summed E-state index contributed by atoms with van der Waals surface area (Å²) in [5.41, 5.74) is -0.0426. The normalized spacial score (nSPS) is 10.5. The van der Waals surface area contributed by atoms with Crippen molar-refractivity contribution in [2.24, 2.45) is 0 Å². The van der Waals surface area contributed by atoms with Crippen LogP contribution in [0, 0.1) is 0 Å². The molecule has 0 fully saturated rings. The summed E-state index contributed by atoms with van der Waals surface area (Å²) >= 11 is 5.54. The summed E-state index contributed by atoms with van der Waals surface area (Å²) < 4.78 is 0. The second-order valence-electron chi connectivity index (χ2n) is 2.89. The van der Waals surface area contributed by atoms with Crippen molar-refractivity contribution in [3.8, 4) is 0 Å². The molecule has 5 nitrogen and oxygen atoms in total. The van der Waals surface area contributed by atoms with E-state index in [0.29, 0.717) is 5.52 Å². The van der Waals surface area contributed by atoms with Crippen LogP contribution < -0.4 is 5.56 Å². The number of aromatic carboxylic acids is 1. The van der Waals surface area contributed by atoms with E-state index in [-0.39, 0.29) is 16.2 Å². The van der Waals surface area contributed by atoms with Crippen LogP contribution >= 0.6 is 11.6 Å². The highest BCUT2D eigenvalue weighted by atomic mass is 35.5. The van der Waals surface area contributed by atoms with Crippen molar-refractivity contribution in [1.29, 1.82) is 0 Å². The zero-order valence-corrected chi connectivity index (χ0v) is 8.08. The number of fused-ring (bicyclic) bond motifs is 1. The van der Waals surface area contributed by atoms with Crippen molar-refractivity contribution in [1.82, 2.24) is 9.97 Å². The van der Waals surface area contributed by atoms with E-state index in [1.54, 1.807) is 0 Å². The van der Waals surface area contributed by atoms with E-state index in [1.807, 2.05) is 0 Å². The Bertz CT molecular complexity index is 606. The Kier molecular flexibility index (Phi) is 2.17. The predicted molar refractivity (Wildman–Crippen MR) is 54.3 cm³/mol. The van der Waals surface area contributed by atoms with Gasteiger partial charge in [-0.2, -0.15) is 0 Å². The van der Waals surface area contributed by atoms with Crippen LogP contribution in [-0.2, 0) is 0 Å². The zero-order chi connectivity index (χ0) is 11.0. The number of carboxylic acid groups (broad SMARTS) is 1. The van der Waals surface area contributed by atoms with Gasteiger partial charge in [0.2, 0.25) is 5.28 Å². The smallest absolute Gasteiger partial charge is 0.335 e. The molecule has 0 saturated carbocycles. The number of nitrogens with one attached hydrogen (secondary N) is 1. The number of carbonyl (C=O) groups is 1. The minimum absolute atomic E-state index is 0.0180. The van der Waals surface area contributed by atoms with Gasteiger partial charge in [0.1, 0.15) is 0 Å². The number of hydrogen-bond acceptors (Lipinski definition) is 3. The lowest BCUT2D eigenvalue weighted by Crippen LogP contribution is -2.09. The maximum Gasteiger partial charge on any atom is 0.335 e. The Hall–Kier alpha value is -1.88. The highest BCUT2D eigenvalue weighted by Crippen LogP contribution is 2.11. The van der Waals surface area contributed by atoms with E-state index in [0.717, 1.165) is 0 Å². The quantitative estimate of drug-likeness (QED) is 0.715. The molecule has 2 N–H and O–H groups in total. The molecule has 0 aliphatic carbocycles.